The van der Waals surface area contributed by atoms with Crippen molar-refractivity contribution in [1.82, 2.24) is 5.32 Å². The van der Waals surface area contributed by atoms with Crippen molar-refractivity contribution in [3.63, 3.8) is 0 Å². The van der Waals surface area contributed by atoms with Gasteiger partial charge in [0.05, 0.1) is 0 Å². The third-order valence-corrected chi connectivity index (χ3v) is 2.33. The van der Waals surface area contributed by atoms with Crippen molar-refractivity contribution in [1.29, 1.82) is 0 Å². The third kappa shape index (κ3) is 2.18. The molecule has 1 rings (SSSR count). The first-order chi connectivity index (χ1) is 4.33. The molecule has 0 aliphatic carbocycles. The van der Waals surface area contributed by atoms with Gasteiger partial charge in [0, 0.05) is 6.04 Å². The van der Waals surface area contributed by atoms with Gasteiger partial charge in [-0.1, -0.05) is 0 Å². The van der Waals surface area contributed by atoms with Gasteiger partial charge in [-0.25, -0.2) is 0 Å². The molecule has 0 aromatic carbocycles. The van der Waals surface area contributed by atoms with E-state index in [1.807, 2.05) is 0 Å². The Morgan fingerprint density at radius 1 is 1.56 bits per heavy atom. The maximum Gasteiger partial charge on any atom is 0.0102 e. The molecule has 0 saturated carbocycles. The highest BCUT2D eigenvalue weighted by atomic mass is 32.1. The lowest BCUT2D eigenvalue weighted by Gasteiger charge is -2.25. The number of hydrogen-bond donors (Lipinski definition) is 2. The summed E-state index contributed by atoms with van der Waals surface area (Å²) in [6.45, 7) is 6.66. The molecule has 1 N–H and O–H groups in total. The van der Waals surface area contributed by atoms with Gasteiger partial charge < -0.3 is 5.32 Å². The molecule has 1 aliphatic heterocycles. The Hall–Kier alpha value is 0.310. The molecule has 2 unspecified atom stereocenters. The molecule has 1 heterocycles. The molecule has 2 heteroatoms. The zero-order valence-electron chi connectivity index (χ0n) is 5.51. The van der Waals surface area contributed by atoms with Gasteiger partial charge in [0.1, 0.15) is 0 Å². The summed E-state index contributed by atoms with van der Waals surface area (Å²) in [7, 11) is 0. The van der Waals surface area contributed by atoms with E-state index >= 15 is 0 Å². The lowest BCUT2D eigenvalue weighted by molar-refractivity contribution is 0.365. The molecule has 2 atom stereocenters. The van der Waals surface area contributed by atoms with Crippen LogP contribution in [0.5, 0.6) is 0 Å². The molecule has 1 fully saturated rings. The van der Waals surface area contributed by atoms with E-state index in [0.29, 0.717) is 0 Å². The van der Waals surface area contributed by atoms with Crippen molar-refractivity contribution in [3.8, 4) is 0 Å². The first-order valence-corrected chi connectivity index (χ1v) is 4.06. The SMILES string of the molecule is [CH]C1CCC(CS)CN1. The van der Waals surface area contributed by atoms with Crippen molar-refractivity contribution in [2.24, 2.45) is 5.92 Å². The highest BCUT2D eigenvalue weighted by Gasteiger charge is 2.15. The van der Waals surface area contributed by atoms with Crippen LogP contribution in [0.15, 0.2) is 0 Å². The van der Waals surface area contributed by atoms with E-state index in [9.17, 15) is 0 Å². The minimum absolute atomic E-state index is 0.237. The summed E-state index contributed by atoms with van der Waals surface area (Å²) >= 11 is 4.21. The van der Waals surface area contributed by atoms with Gasteiger partial charge in [0.15, 0.2) is 0 Å². The predicted octanol–water partition coefficient (Wildman–Crippen LogP) is 0.995. The van der Waals surface area contributed by atoms with Gasteiger partial charge in [-0.3, -0.25) is 0 Å². The summed E-state index contributed by atoms with van der Waals surface area (Å²) in [6.07, 6.45) is 2.34. The standard InChI is InChI=1S/C7H13NS/c1-6-2-3-7(5-9)4-8-6/h1,6-9H,2-5H2. The van der Waals surface area contributed by atoms with E-state index in [2.05, 4.69) is 17.9 Å². The number of hydrogen-bond acceptors (Lipinski definition) is 2. The first-order valence-electron chi connectivity index (χ1n) is 3.42. The number of nitrogens with one attached hydrogen (secondary N) is 1. The number of piperidine rings is 1. The fraction of sp³-hybridized carbons (Fsp3) is 0.857. The molecular formula is C7H13NS. The zero-order valence-corrected chi connectivity index (χ0v) is 6.40. The van der Waals surface area contributed by atoms with Crippen LogP contribution in [0.4, 0.5) is 0 Å². The Labute approximate surface area is 62.6 Å². The smallest absolute Gasteiger partial charge is 0.0102 e. The van der Waals surface area contributed by atoms with Crippen LogP contribution in [-0.2, 0) is 0 Å². The average Bonchev–Trinajstić information content (AvgIpc) is 1.90. The fourth-order valence-electron chi connectivity index (χ4n) is 1.09. The van der Waals surface area contributed by atoms with Gasteiger partial charge in [-0.05, 0) is 38.0 Å². The molecule has 0 spiro atoms. The van der Waals surface area contributed by atoms with Gasteiger partial charge in [0.25, 0.3) is 0 Å². The molecule has 1 aliphatic rings. The first kappa shape index (κ1) is 7.42. The van der Waals surface area contributed by atoms with Crippen molar-refractivity contribution >= 4 is 12.6 Å². The quantitative estimate of drug-likeness (QED) is 0.522. The van der Waals surface area contributed by atoms with Gasteiger partial charge in [0.2, 0.25) is 0 Å². The fourth-order valence-corrected chi connectivity index (χ4v) is 1.40. The number of thiol groups is 1. The minimum atomic E-state index is 0.237. The average molecular weight is 143 g/mol. The lowest BCUT2D eigenvalue weighted by atomic mass is 9.97. The summed E-state index contributed by atoms with van der Waals surface area (Å²) in [5.41, 5.74) is 0. The largest absolute Gasteiger partial charge is 0.313 e. The molecule has 0 amide bonds. The lowest BCUT2D eigenvalue weighted by Crippen LogP contribution is -2.37. The maximum atomic E-state index is 5.62. The van der Waals surface area contributed by atoms with E-state index in [1.165, 1.54) is 6.42 Å². The van der Waals surface area contributed by atoms with Crippen molar-refractivity contribution in [2.75, 3.05) is 12.3 Å². The van der Waals surface area contributed by atoms with E-state index in [4.69, 9.17) is 6.92 Å². The van der Waals surface area contributed by atoms with E-state index in [1.54, 1.807) is 0 Å². The van der Waals surface area contributed by atoms with Crippen LogP contribution < -0.4 is 5.32 Å². The number of rotatable bonds is 1. The highest BCUT2D eigenvalue weighted by molar-refractivity contribution is 7.80. The van der Waals surface area contributed by atoms with Crippen LogP contribution in [0.2, 0.25) is 0 Å². The van der Waals surface area contributed by atoms with Gasteiger partial charge in [-0.15, -0.1) is 0 Å². The van der Waals surface area contributed by atoms with E-state index in [-0.39, 0.29) is 6.04 Å². The molecule has 52 valence electrons. The summed E-state index contributed by atoms with van der Waals surface area (Å²) in [5.74, 6) is 1.73. The molecule has 1 saturated heterocycles. The van der Waals surface area contributed by atoms with Crippen LogP contribution in [0.1, 0.15) is 12.8 Å². The summed E-state index contributed by atoms with van der Waals surface area (Å²) in [4.78, 5) is 0. The van der Waals surface area contributed by atoms with Gasteiger partial charge in [-0.2, -0.15) is 12.6 Å². The Bertz CT molecular complexity index is 77.0. The van der Waals surface area contributed by atoms with Gasteiger partial charge >= 0.3 is 0 Å². The highest BCUT2D eigenvalue weighted by Crippen LogP contribution is 2.14. The Morgan fingerprint density at radius 3 is 2.78 bits per heavy atom. The predicted molar refractivity (Wildman–Crippen MR) is 42.7 cm³/mol. The topological polar surface area (TPSA) is 12.0 Å². The van der Waals surface area contributed by atoms with Crippen molar-refractivity contribution in [3.05, 3.63) is 6.92 Å². The molecule has 9 heavy (non-hydrogen) atoms. The van der Waals surface area contributed by atoms with Crippen LogP contribution in [0.25, 0.3) is 0 Å². The van der Waals surface area contributed by atoms with Crippen LogP contribution in [0.3, 0.4) is 0 Å². The van der Waals surface area contributed by atoms with Crippen LogP contribution in [-0.4, -0.2) is 18.3 Å². The minimum Gasteiger partial charge on any atom is -0.313 e. The van der Waals surface area contributed by atoms with E-state index in [0.717, 1.165) is 24.6 Å². The van der Waals surface area contributed by atoms with Crippen molar-refractivity contribution < 1.29 is 0 Å². The molecular weight excluding hydrogens is 130 g/mol. The second kappa shape index (κ2) is 3.47. The third-order valence-electron chi connectivity index (χ3n) is 1.81. The van der Waals surface area contributed by atoms with Crippen LogP contribution >= 0.6 is 12.6 Å². The Morgan fingerprint density at radius 2 is 2.33 bits per heavy atom. The molecule has 2 radical (unpaired) electrons. The molecule has 0 bridgehead atoms. The second-order valence-electron chi connectivity index (χ2n) is 2.64. The molecule has 0 aromatic heterocycles. The molecule has 1 nitrogen and oxygen atoms in total. The zero-order chi connectivity index (χ0) is 6.69. The monoisotopic (exact) mass is 143 g/mol. The summed E-state index contributed by atoms with van der Waals surface area (Å²) < 4.78 is 0. The second-order valence-corrected chi connectivity index (χ2v) is 3.01. The Kier molecular flexibility index (Phi) is 2.86. The van der Waals surface area contributed by atoms with Crippen molar-refractivity contribution in [2.45, 2.75) is 18.9 Å². The summed E-state index contributed by atoms with van der Waals surface area (Å²) in [5, 5.41) is 3.21. The molecule has 0 aromatic rings. The van der Waals surface area contributed by atoms with Crippen LogP contribution in [0, 0.1) is 12.8 Å². The maximum absolute atomic E-state index is 5.62. The Balaban J connectivity index is 2.18. The van der Waals surface area contributed by atoms with E-state index < -0.39 is 0 Å². The normalized spacial score (nSPS) is 36.7. The summed E-state index contributed by atoms with van der Waals surface area (Å²) in [6, 6.07) is 0.237.